The molecule has 4 N–H and O–H groups in total. The monoisotopic (exact) mass is 278 g/mol. The van der Waals surface area contributed by atoms with Gasteiger partial charge in [-0.15, -0.1) is 0 Å². The van der Waals surface area contributed by atoms with Gasteiger partial charge in [0.25, 0.3) is 11.7 Å². The van der Waals surface area contributed by atoms with Crippen molar-refractivity contribution in [2.45, 2.75) is 6.10 Å². The van der Waals surface area contributed by atoms with E-state index >= 15 is 0 Å². The molecule has 2 rings (SSSR count). The highest BCUT2D eigenvalue weighted by molar-refractivity contribution is 6.43. The van der Waals surface area contributed by atoms with Crippen molar-refractivity contribution < 1.29 is 24.5 Å². The van der Waals surface area contributed by atoms with Crippen molar-refractivity contribution in [3.8, 4) is 11.5 Å². The number of Topliss-reactive ketones (excluding diaryl/α,β-unsaturated/α-hetero) is 1. The molecule has 1 aliphatic heterocycles. The van der Waals surface area contributed by atoms with Gasteiger partial charge in [0.15, 0.2) is 11.5 Å². The second kappa shape index (κ2) is 5.22. The van der Waals surface area contributed by atoms with E-state index in [4.69, 9.17) is 4.74 Å². The van der Waals surface area contributed by atoms with E-state index in [1.807, 2.05) is 0 Å². The second-order valence-corrected chi connectivity index (χ2v) is 4.16. The first-order chi connectivity index (χ1) is 9.51. The molecule has 1 heterocycles. The highest BCUT2D eigenvalue weighted by Crippen LogP contribution is 2.44. The second-order valence-electron chi connectivity index (χ2n) is 4.16. The zero-order chi connectivity index (χ0) is 14.9. The minimum absolute atomic E-state index is 0.0419. The predicted molar refractivity (Wildman–Crippen MR) is 70.3 cm³/mol. The van der Waals surface area contributed by atoms with Crippen LogP contribution in [0.2, 0.25) is 0 Å². The van der Waals surface area contributed by atoms with Crippen LogP contribution in [0, 0.1) is 0 Å². The number of carbonyl (C=O) groups is 2. The van der Waals surface area contributed by atoms with Crippen LogP contribution >= 0.6 is 0 Å². The smallest absolute Gasteiger partial charge is 0.291 e. The molecule has 0 saturated carbocycles. The van der Waals surface area contributed by atoms with E-state index in [9.17, 15) is 19.8 Å². The lowest BCUT2D eigenvalue weighted by Gasteiger charge is -2.26. The number of likely N-dealkylation sites (N-methyl/N-ethyl adjacent to an activating group) is 1. The average Bonchev–Trinajstić information content (AvgIpc) is 2.48. The van der Waals surface area contributed by atoms with Gasteiger partial charge < -0.3 is 25.6 Å². The number of phenols is 2. The molecule has 0 saturated heterocycles. The molecule has 1 aromatic rings. The molecule has 7 nitrogen and oxygen atoms in total. The quantitative estimate of drug-likeness (QED) is 0.362. The maximum absolute atomic E-state index is 12.0. The van der Waals surface area contributed by atoms with Crippen molar-refractivity contribution in [3.05, 3.63) is 29.5 Å². The van der Waals surface area contributed by atoms with Gasteiger partial charge in [0, 0.05) is 26.0 Å². The van der Waals surface area contributed by atoms with E-state index in [1.54, 1.807) is 0 Å². The van der Waals surface area contributed by atoms with Crippen LogP contribution in [0.4, 0.5) is 5.69 Å². The third kappa shape index (κ3) is 2.08. The largest absolute Gasteiger partial charge is 0.504 e. The SMILES string of the molecule is CNC(=O)C(=O)C1=CNc2ccc(O)c(O)c2C1OC. The van der Waals surface area contributed by atoms with Gasteiger partial charge in [0.05, 0.1) is 11.1 Å². The third-order valence-electron chi connectivity index (χ3n) is 3.05. The third-order valence-corrected chi connectivity index (χ3v) is 3.05. The van der Waals surface area contributed by atoms with Crippen LogP contribution in [-0.4, -0.2) is 36.1 Å². The lowest BCUT2D eigenvalue weighted by molar-refractivity contribution is -0.136. The topological polar surface area (TPSA) is 108 Å². The fourth-order valence-electron chi connectivity index (χ4n) is 2.05. The summed E-state index contributed by atoms with van der Waals surface area (Å²) < 4.78 is 5.20. The molecule has 106 valence electrons. The van der Waals surface area contributed by atoms with Crippen molar-refractivity contribution >= 4 is 17.4 Å². The molecule has 1 atom stereocenters. The summed E-state index contributed by atoms with van der Waals surface area (Å²) in [6.45, 7) is 0. The number of ether oxygens (including phenoxy) is 1. The number of carbonyl (C=O) groups excluding carboxylic acids is 2. The lowest BCUT2D eigenvalue weighted by Crippen LogP contribution is -2.32. The van der Waals surface area contributed by atoms with Crippen LogP contribution in [0.15, 0.2) is 23.9 Å². The Hall–Kier alpha value is -2.54. The Kier molecular flexibility index (Phi) is 3.62. The molecule has 0 radical (unpaired) electrons. The van der Waals surface area contributed by atoms with E-state index in [0.29, 0.717) is 5.69 Å². The zero-order valence-corrected chi connectivity index (χ0v) is 10.9. The number of fused-ring (bicyclic) bond motifs is 1. The average molecular weight is 278 g/mol. The number of benzene rings is 1. The van der Waals surface area contributed by atoms with Gasteiger partial charge in [-0.25, -0.2) is 0 Å². The summed E-state index contributed by atoms with van der Waals surface area (Å²) in [6, 6.07) is 2.85. The van der Waals surface area contributed by atoms with Crippen molar-refractivity contribution in [3.63, 3.8) is 0 Å². The Morgan fingerprint density at radius 2 is 2.05 bits per heavy atom. The molecule has 0 fully saturated rings. The molecule has 1 aromatic carbocycles. The molecule has 0 aromatic heterocycles. The zero-order valence-electron chi connectivity index (χ0n) is 10.9. The van der Waals surface area contributed by atoms with Gasteiger partial charge in [-0.1, -0.05) is 0 Å². The number of hydrogen-bond donors (Lipinski definition) is 4. The van der Waals surface area contributed by atoms with Gasteiger partial charge in [-0.05, 0) is 12.1 Å². The number of aromatic hydroxyl groups is 2. The van der Waals surface area contributed by atoms with Gasteiger partial charge in [0.2, 0.25) is 0 Å². The number of rotatable bonds is 3. The van der Waals surface area contributed by atoms with Crippen LogP contribution < -0.4 is 10.6 Å². The van der Waals surface area contributed by atoms with Crippen LogP contribution in [0.3, 0.4) is 0 Å². The molecular weight excluding hydrogens is 264 g/mol. The Morgan fingerprint density at radius 1 is 1.35 bits per heavy atom. The summed E-state index contributed by atoms with van der Waals surface area (Å²) in [5.41, 5.74) is 0.739. The molecule has 1 amide bonds. The van der Waals surface area contributed by atoms with E-state index in [2.05, 4.69) is 10.6 Å². The first kappa shape index (κ1) is 13.9. The van der Waals surface area contributed by atoms with E-state index in [1.165, 1.54) is 32.5 Å². The van der Waals surface area contributed by atoms with Gasteiger partial charge in [0.1, 0.15) is 6.10 Å². The number of anilines is 1. The van der Waals surface area contributed by atoms with E-state index in [0.717, 1.165) is 0 Å². The molecule has 20 heavy (non-hydrogen) atoms. The lowest BCUT2D eigenvalue weighted by atomic mass is 9.93. The normalized spacial score (nSPS) is 16.7. The van der Waals surface area contributed by atoms with Crippen LogP contribution in [0.25, 0.3) is 0 Å². The Morgan fingerprint density at radius 3 is 2.65 bits per heavy atom. The number of nitrogens with one attached hydrogen (secondary N) is 2. The molecular formula is C13H14N2O5. The summed E-state index contributed by atoms with van der Waals surface area (Å²) in [5.74, 6) is -2.29. The van der Waals surface area contributed by atoms with Crippen molar-refractivity contribution in [1.29, 1.82) is 0 Å². The number of phenolic OH excluding ortho intramolecular Hbond substituents is 2. The standard InChI is InChI=1S/C13H14N2O5/c1-14-13(19)10(17)6-5-15-7-3-4-8(16)11(18)9(7)12(6)20-2/h3-5,12,15-16,18H,1-2H3,(H,14,19). The Balaban J connectivity index is 2.50. The minimum atomic E-state index is -0.942. The van der Waals surface area contributed by atoms with Crippen LogP contribution in [-0.2, 0) is 14.3 Å². The van der Waals surface area contributed by atoms with Gasteiger partial charge in [-0.3, -0.25) is 9.59 Å². The Labute approximate surface area is 114 Å². The molecule has 1 unspecified atom stereocenters. The number of ketones is 1. The highest BCUT2D eigenvalue weighted by atomic mass is 16.5. The molecule has 7 heteroatoms. The maximum atomic E-state index is 12.0. The van der Waals surface area contributed by atoms with Gasteiger partial charge in [-0.2, -0.15) is 0 Å². The number of methoxy groups -OCH3 is 1. The molecule has 0 spiro atoms. The summed E-state index contributed by atoms with van der Waals surface area (Å²) >= 11 is 0. The summed E-state index contributed by atoms with van der Waals surface area (Å²) in [6.07, 6.45) is 0.410. The van der Waals surface area contributed by atoms with Crippen molar-refractivity contribution in [2.75, 3.05) is 19.5 Å². The van der Waals surface area contributed by atoms with Gasteiger partial charge >= 0.3 is 0 Å². The van der Waals surface area contributed by atoms with Crippen LogP contribution in [0.5, 0.6) is 11.5 Å². The van der Waals surface area contributed by atoms with Crippen LogP contribution in [0.1, 0.15) is 11.7 Å². The van der Waals surface area contributed by atoms with Crippen molar-refractivity contribution in [2.24, 2.45) is 0 Å². The minimum Gasteiger partial charge on any atom is -0.504 e. The first-order valence-electron chi connectivity index (χ1n) is 5.81. The Bertz CT molecular complexity index is 609. The van der Waals surface area contributed by atoms with Crippen molar-refractivity contribution in [1.82, 2.24) is 5.32 Å². The van der Waals surface area contributed by atoms with E-state index < -0.39 is 23.5 Å². The summed E-state index contributed by atoms with van der Waals surface area (Å²) in [4.78, 5) is 23.4. The molecule has 1 aliphatic rings. The number of amides is 1. The highest BCUT2D eigenvalue weighted by Gasteiger charge is 2.33. The predicted octanol–water partition coefficient (Wildman–Crippen LogP) is 0.410. The fraction of sp³-hybridized carbons (Fsp3) is 0.231. The summed E-state index contributed by atoms with van der Waals surface area (Å²) in [7, 11) is 2.68. The molecule has 0 bridgehead atoms. The number of hydrogen-bond acceptors (Lipinski definition) is 6. The van der Waals surface area contributed by atoms with E-state index in [-0.39, 0.29) is 16.9 Å². The molecule has 0 aliphatic carbocycles. The fourth-order valence-corrected chi connectivity index (χ4v) is 2.05. The maximum Gasteiger partial charge on any atom is 0.291 e. The first-order valence-corrected chi connectivity index (χ1v) is 5.81. The summed E-state index contributed by atoms with van der Waals surface area (Å²) in [5, 5.41) is 24.5.